The molecule has 0 radical (unpaired) electrons. The van der Waals surface area contributed by atoms with Crippen molar-refractivity contribution in [2.45, 2.75) is 112 Å². The van der Waals surface area contributed by atoms with E-state index < -0.39 is 0 Å². The normalized spacial score (nSPS) is 13.9. The minimum atomic E-state index is -0.101. The Labute approximate surface area is 458 Å². The highest BCUT2D eigenvalue weighted by Gasteiger charge is 2.45. The number of rotatable bonds is 6. The van der Waals surface area contributed by atoms with Crippen molar-refractivity contribution < 1.29 is 9.47 Å². The zero-order valence-electron chi connectivity index (χ0n) is 47.3. The third kappa shape index (κ3) is 8.92. The summed E-state index contributed by atoms with van der Waals surface area (Å²) in [6.07, 6.45) is 0. The van der Waals surface area contributed by atoms with Crippen molar-refractivity contribution in [3.8, 4) is 56.0 Å². The van der Waals surface area contributed by atoms with Crippen LogP contribution in [0.1, 0.15) is 111 Å². The van der Waals surface area contributed by atoms with E-state index in [-0.39, 0.29) is 35.2 Å². The van der Waals surface area contributed by atoms with Crippen LogP contribution in [0.5, 0.6) is 11.5 Å². The molecule has 384 valence electrons. The average molecular weight is 1010 g/mol. The topological polar surface area (TPSA) is 24.9 Å². The molecule has 5 heteroatoms. The van der Waals surface area contributed by atoms with Gasteiger partial charge in [0.1, 0.15) is 5.69 Å². The summed E-state index contributed by atoms with van der Waals surface area (Å²) in [6.45, 7) is 29.9. The summed E-state index contributed by atoms with van der Waals surface area (Å²) in [5.41, 5.74) is 26.2. The summed E-state index contributed by atoms with van der Waals surface area (Å²) in [7, 11) is 0. The molecule has 0 saturated heterocycles. The molecule has 4 nitrogen and oxygen atoms in total. The number of aryl methyl sites for hydroxylation is 1. The lowest BCUT2D eigenvalue weighted by Gasteiger charge is -2.45. The maximum Gasteiger partial charge on any atom is 0.252 e. The van der Waals surface area contributed by atoms with E-state index in [9.17, 15) is 0 Å². The highest BCUT2D eigenvalue weighted by atomic mass is 16.7. The molecule has 3 aliphatic rings. The van der Waals surface area contributed by atoms with E-state index >= 15 is 0 Å². The van der Waals surface area contributed by atoms with Gasteiger partial charge in [-0.25, -0.2) is 0 Å². The molecule has 0 amide bonds. The van der Waals surface area contributed by atoms with Crippen LogP contribution in [0.2, 0.25) is 0 Å². The van der Waals surface area contributed by atoms with Crippen LogP contribution < -0.4 is 35.7 Å². The second-order valence-corrected chi connectivity index (χ2v) is 25.9. The number of benzene rings is 9. The first kappa shape index (κ1) is 50.1. The van der Waals surface area contributed by atoms with Crippen molar-refractivity contribution in [1.29, 1.82) is 0 Å². The number of nitrogens with zero attached hydrogens (tertiary/aromatic N) is 2. The fourth-order valence-electron chi connectivity index (χ4n) is 11.9. The van der Waals surface area contributed by atoms with Crippen LogP contribution in [0.25, 0.3) is 44.5 Å². The molecule has 0 bridgehead atoms. The predicted octanol–water partition coefficient (Wildman–Crippen LogP) is 17.7. The Morgan fingerprint density at radius 2 is 0.883 bits per heavy atom. The summed E-state index contributed by atoms with van der Waals surface area (Å²) in [5.74, 6) is 1.51. The lowest BCUT2D eigenvalue weighted by atomic mass is 9.33. The maximum absolute atomic E-state index is 6.60. The molecule has 0 spiro atoms. The third-order valence-electron chi connectivity index (χ3n) is 16.3. The highest BCUT2D eigenvalue weighted by Crippen LogP contribution is 2.54. The SMILES string of the molecule is Cc1cc2c3c(c1)N(c1c(-c4ccccc4)ccc4c1OCO4)c1ccc(C(C)(C)C)cc1B3c1ccc(-c3ccc(C(C)(C)C)cc3)cc1N2c1cc(-c2ccc(C(C)(C)C)cc2)cc(-c2ccc(C(C)(C)C)cc2)c1. The second kappa shape index (κ2) is 18.2. The number of ether oxygens (including phenoxy) is 2. The van der Waals surface area contributed by atoms with Gasteiger partial charge in [0.2, 0.25) is 6.79 Å². The van der Waals surface area contributed by atoms with Gasteiger partial charge in [-0.3, -0.25) is 0 Å². The molecular formula is C72H71BN2O2. The number of anilines is 6. The monoisotopic (exact) mass is 1010 g/mol. The van der Waals surface area contributed by atoms with E-state index in [2.05, 4.69) is 282 Å². The lowest BCUT2D eigenvalue weighted by molar-refractivity contribution is 0.174. The lowest BCUT2D eigenvalue weighted by Crippen LogP contribution is -2.61. The van der Waals surface area contributed by atoms with Crippen LogP contribution in [0.4, 0.5) is 34.1 Å². The molecule has 77 heavy (non-hydrogen) atoms. The van der Waals surface area contributed by atoms with Crippen molar-refractivity contribution >= 4 is 57.2 Å². The van der Waals surface area contributed by atoms with Gasteiger partial charge in [-0.2, -0.15) is 0 Å². The molecule has 0 unspecified atom stereocenters. The van der Waals surface area contributed by atoms with Gasteiger partial charge in [0.25, 0.3) is 6.71 Å². The van der Waals surface area contributed by atoms with Gasteiger partial charge in [0.15, 0.2) is 11.5 Å². The Morgan fingerprint density at radius 1 is 0.377 bits per heavy atom. The van der Waals surface area contributed by atoms with Gasteiger partial charge in [-0.05, 0) is 166 Å². The molecule has 3 aliphatic heterocycles. The molecule has 0 atom stereocenters. The molecule has 12 rings (SSSR count). The molecule has 9 aromatic rings. The fraction of sp³-hybridized carbons (Fsp3) is 0.250. The Morgan fingerprint density at radius 3 is 1.43 bits per heavy atom. The minimum Gasteiger partial charge on any atom is -0.454 e. The summed E-state index contributed by atoms with van der Waals surface area (Å²) in [4.78, 5) is 5.10. The first-order chi connectivity index (χ1) is 36.6. The van der Waals surface area contributed by atoms with Gasteiger partial charge >= 0.3 is 0 Å². The number of hydrogen-bond acceptors (Lipinski definition) is 4. The Kier molecular flexibility index (Phi) is 11.8. The average Bonchev–Trinajstić information content (AvgIpc) is 3.99. The van der Waals surface area contributed by atoms with Crippen LogP contribution in [0.3, 0.4) is 0 Å². The van der Waals surface area contributed by atoms with Gasteiger partial charge in [-0.1, -0.05) is 210 Å². The number of fused-ring (bicyclic) bond motifs is 5. The van der Waals surface area contributed by atoms with Crippen LogP contribution >= 0.6 is 0 Å². The quantitative estimate of drug-likeness (QED) is 0.155. The zero-order chi connectivity index (χ0) is 53.9. The Bertz CT molecular complexity index is 3680. The van der Waals surface area contributed by atoms with Crippen molar-refractivity contribution in [2.24, 2.45) is 0 Å². The number of hydrogen-bond donors (Lipinski definition) is 0. The van der Waals surface area contributed by atoms with Crippen LogP contribution in [0.15, 0.2) is 182 Å². The Balaban J connectivity index is 1.17. The van der Waals surface area contributed by atoms with E-state index in [1.807, 2.05) is 0 Å². The summed E-state index contributed by atoms with van der Waals surface area (Å²) >= 11 is 0. The second-order valence-electron chi connectivity index (χ2n) is 25.9. The zero-order valence-corrected chi connectivity index (χ0v) is 47.3. The highest BCUT2D eigenvalue weighted by molar-refractivity contribution is 7.00. The first-order valence-corrected chi connectivity index (χ1v) is 27.6. The maximum atomic E-state index is 6.60. The molecule has 0 aliphatic carbocycles. The van der Waals surface area contributed by atoms with Crippen LogP contribution in [-0.4, -0.2) is 13.5 Å². The summed E-state index contributed by atoms with van der Waals surface area (Å²) in [5, 5.41) is 0. The van der Waals surface area contributed by atoms with E-state index in [0.29, 0.717) is 0 Å². The van der Waals surface area contributed by atoms with Crippen molar-refractivity contribution in [1.82, 2.24) is 0 Å². The molecule has 0 saturated carbocycles. The predicted molar refractivity (Wildman–Crippen MR) is 328 cm³/mol. The largest absolute Gasteiger partial charge is 0.454 e. The van der Waals surface area contributed by atoms with Crippen LogP contribution in [0, 0.1) is 6.92 Å². The van der Waals surface area contributed by atoms with Crippen molar-refractivity contribution in [2.75, 3.05) is 16.6 Å². The van der Waals surface area contributed by atoms with Gasteiger partial charge in [0.05, 0.1) is 0 Å². The molecule has 0 N–H and O–H groups in total. The minimum absolute atomic E-state index is 0.0322. The van der Waals surface area contributed by atoms with Crippen molar-refractivity contribution in [3.05, 3.63) is 210 Å². The van der Waals surface area contributed by atoms with Crippen molar-refractivity contribution in [3.63, 3.8) is 0 Å². The van der Waals surface area contributed by atoms with E-state index in [1.165, 1.54) is 77.7 Å². The van der Waals surface area contributed by atoms with Gasteiger partial charge < -0.3 is 19.3 Å². The molecule has 3 heterocycles. The third-order valence-corrected chi connectivity index (χ3v) is 16.3. The van der Waals surface area contributed by atoms with E-state index in [1.54, 1.807) is 0 Å². The first-order valence-electron chi connectivity index (χ1n) is 27.6. The smallest absolute Gasteiger partial charge is 0.252 e. The molecule has 0 aromatic heterocycles. The molecule has 9 aromatic carbocycles. The van der Waals surface area contributed by atoms with Crippen LogP contribution in [-0.2, 0) is 21.7 Å². The van der Waals surface area contributed by atoms with Gasteiger partial charge in [-0.15, -0.1) is 0 Å². The van der Waals surface area contributed by atoms with E-state index in [0.717, 1.165) is 56.6 Å². The fourth-order valence-corrected chi connectivity index (χ4v) is 11.9. The molecule has 0 fully saturated rings. The van der Waals surface area contributed by atoms with Gasteiger partial charge in [0, 0.05) is 34.0 Å². The van der Waals surface area contributed by atoms with E-state index in [4.69, 9.17) is 9.47 Å². The Hall–Kier alpha value is -7.76. The summed E-state index contributed by atoms with van der Waals surface area (Å²) in [6, 6.07) is 69.3. The standard InChI is InChI=1S/C72H71BN2O2/c1-45-37-63-66-64(38-45)75(67-58(49-17-15-14-16-18-49)33-36-65-68(67)77-44-76-65)61-35-32-56(72(11,12)13)43-60(61)73(66)59-34-25-50(46-19-26-53(27-20-46)69(2,3)4)42-62(59)74(63)57-40-51(47-21-28-54(29-22-47)70(5,6)7)39-52(41-57)48-23-30-55(31-24-48)71(8,9)10/h14-43H,44H2,1-13H3. The molecular weight excluding hydrogens is 936 g/mol. The summed E-state index contributed by atoms with van der Waals surface area (Å²) < 4.78 is 12.8.